The first-order chi connectivity index (χ1) is 15.6. The number of nitrogens with zero attached hydrogens (tertiary/aromatic N) is 1. The van der Waals surface area contributed by atoms with E-state index in [4.69, 9.17) is 18.9 Å². The monoisotopic (exact) mass is 477 g/mol. The van der Waals surface area contributed by atoms with Crippen LogP contribution in [-0.2, 0) is 19.5 Å². The van der Waals surface area contributed by atoms with E-state index in [1.807, 2.05) is 0 Å². The Morgan fingerprint density at radius 2 is 1.64 bits per heavy atom. The fraction of sp³-hybridized carbons (Fsp3) is 0.391. The fourth-order valence-corrected chi connectivity index (χ4v) is 5.20. The molecule has 33 heavy (non-hydrogen) atoms. The Morgan fingerprint density at radius 3 is 2.27 bits per heavy atom. The quantitative estimate of drug-likeness (QED) is 0.422. The summed E-state index contributed by atoms with van der Waals surface area (Å²) in [6, 6.07) is 10.2. The summed E-state index contributed by atoms with van der Waals surface area (Å²) in [6.45, 7) is 3.55. The van der Waals surface area contributed by atoms with Gasteiger partial charge in [0.2, 0.25) is 10.0 Å². The molecule has 2 atom stereocenters. The highest BCUT2D eigenvalue weighted by Crippen LogP contribution is 2.28. The maximum Gasteiger partial charge on any atom is 0.338 e. The number of rotatable bonds is 8. The number of carbonyl (C=O) groups is 2. The van der Waals surface area contributed by atoms with Crippen LogP contribution in [0.15, 0.2) is 47.4 Å². The molecule has 0 N–H and O–H groups in total. The van der Waals surface area contributed by atoms with Crippen molar-refractivity contribution in [3.63, 3.8) is 0 Å². The summed E-state index contributed by atoms with van der Waals surface area (Å²) in [7, 11) is -0.888. The lowest BCUT2D eigenvalue weighted by Gasteiger charge is -2.34. The van der Waals surface area contributed by atoms with Crippen molar-refractivity contribution < 1.29 is 37.0 Å². The predicted molar refractivity (Wildman–Crippen MR) is 119 cm³/mol. The van der Waals surface area contributed by atoms with E-state index in [0.717, 1.165) is 0 Å². The number of benzene rings is 2. The van der Waals surface area contributed by atoms with Gasteiger partial charge in [0.25, 0.3) is 0 Å². The van der Waals surface area contributed by atoms with Gasteiger partial charge in [-0.3, -0.25) is 4.79 Å². The van der Waals surface area contributed by atoms with Crippen LogP contribution in [0.5, 0.6) is 11.5 Å². The van der Waals surface area contributed by atoms with Gasteiger partial charge in [-0.05, 0) is 50.2 Å². The summed E-state index contributed by atoms with van der Waals surface area (Å²) >= 11 is 0. The van der Waals surface area contributed by atoms with Crippen LogP contribution in [0.1, 0.15) is 34.6 Å². The largest absolute Gasteiger partial charge is 0.493 e. The van der Waals surface area contributed by atoms with E-state index in [1.54, 1.807) is 19.9 Å². The highest BCUT2D eigenvalue weighted by atomic mass is 32.2. The summed E-state index contributed by atoms with van der Waals surface area (Å²) in [4.78, 5) is 24.9. The molecule has 0 aliphatic carbocycles. The molecule has 1 fully saturated rings. The van der Waals surface area contributed by atoms with Gasteiger partial charge in [-0.1, -0.05) is 6.07 Å². The van der Waals surface area contributed by atoms with Crippen molar-refractivity contribution in [3.05, 3.63) is 53.6 Å². The molecule has 0 radical (unpaired) electrons. The van der Waals surface area contributed by atoms with E-state index < -0.39 is 28.4 Å². The number of carbonyl (C=O) groups excluding carboxylic acids is 2. The smallest absolute Gasteiger partial charge is 0.338 e. The lowest BCUT2D eigenvalue weighted by Crippen LogP contribution is -2.48. The van der Waals surface area contributed by atoms with Crippen LogP contribution in [0.2, 0.25) is 0 Å². The number of hydrogen-bond donors (Lipinski definition) is 0. The second kappa shape index (κ2) is 10.3. The van der Waals surface area contributed by atoms with Crippen LogP contribution in [-0.4, -0.2) is 70.6 Å². The van der Waals surface area contributed by atoms with Gasteiger partial charge in [0, 0.05) is 18.7 Å². The highest BCUT2D eigenvalue weighted by Gasteiger charge is 2.32. The van der Waals surface area contributed by atoms with E-state index in [1.165, 1.54) is 54.9 Å². The molecule has 178 valence electrons. The Labute approximate surface area is 193 Å². The predicted octanol–water partition coefficient (Wildman–Crippen LogP) is 2.54. The number of esters is 1. The molecule has 1 saturated heterocycles. The number of morpholine rings is 1. The first kappa shape index (κ1) is 24.7. The number of ether oxygens (including phenoxy) is 4. The Bertz CT molecular complexity index is 1120. The first-order valence-corrected chi connectivity index (χ1v) is 11.8. The molecule has 1 aliphatic rings. The zero-order chi connectivity index (χ0) is 24.2. The minimum Gasteiger partial charge on any atom is -0.493 e. The molecule has 0 bridgehead atoms. The average molecular weight is 478 g/mol. The van der Waals surface area contributed by atoms with Gasteiger partial charge in [0.15, 0.2) is 23.9 Å². The van der Waals surface area contributed by atoms with Crippen molar-refractivity contribution in [2.24, 2.45) is 0 Å². The molecular formula is C23H27NO8S. The molecule has 0 spiro atoms. The van der Waals surface area contributed by atoms with Crippen molar-refractivity contribution in [2.45, 2.75) is 31.0 Å². The van der Waals surface area contributed by atoms with Gasteiger partial charge in [0.1, 0.15) is 0 Å². The summed E-state index contributed by atoms with van der Waals surface area (Å²) in [5, 5.41) is 0. The molecule has 3 rings (SSSR count). The van der Waals surface area contributed by atoms with Gasteiger partial charge in [-0.2, -0.15) is 4.31 Å². The Morgan fingerprint density at radius 1 is 0.970 bits per heavy atom. The molecule has 0 aromatic heterocycles. The van der Waals surface area contributed by atoms with Crippen molar-refractivity contribution in [2.75, 3.05) is 33.9 Å². The van der Waals surface area contributed by atoms with Crippen LogP contribution in [0.4, 0.5) is 0 Å². The van der Waals surface area contributed by atoms with Crippen LogP contribution in [0, 0.1) is 0 Å². The third-order valence-corrected chi connectivity index (χ3v) is 6.96. The van der Waals surface area contributed by atoms with Gasteiger partial charge >= 0.3 is 5.97 Å². The summed E-state index contributed by atoms with van der Waals surface area (Å²) in [6.07, 6.45) is -0.474. The average Bonchev–Trinajstić information content (AvgIpc) is 2.81. The van der Waals surface area contributed by atoms with Gasteiger partial charge in [0.05, 0.1) is 36.9 Å². The van der Waals surface area contributed by atoms with Crippen LogP contribution >= 0.6 is 0 Å². The summed E-state index contributed by atoms with van der Waals surface area (Å²) in [5.41, 5.74) is 0.317. The normalized spacial score (nSPS) is 19.0. The van der Waals surface area contributed by atoms with Crippen LogP contribution in [0.3, 0.4) is 0 Å². The molecule has 2 unspecified atom stereocenters. The van der Waals surface area contributed by atoms with Crippen LogP contribution < -0.4 is 9.47 Å². The maximum atomic E-state index is 13.1. The summed E-state index contributed by atoms with van der Waals surface area (Å²) < 4.78 is 48.5. The zero-order valence-electron chi connectivity index (χ0n) is 18.9. The fourth-order valence-electron chi connectivity index (χ4n) is 3.57. The van der Waals surface area contributed by atoms with Crippen molar-refractivity contribution in [1.82, 2.24) is 4.31 Å². The molecular weight excluding hydrogens is 450 g/mol. The first-order valence-electron chi connectivity index (χ1n) is 10.3. The van der Waals surface area contributed by atoms with Gasteiger partial charge in [-0.15, -0.1) is 0 Å². The number of ketones is 1. The van der Waals surface area contributed by atoms with Crippen LogP contribution in [0.25, 0.3) is 0 Å². The molecule has 0 amide bonds. The topological polar surface area (TPSA) is 108 Å². The Hall–Kier alpha value is -2.95. The second-order valence-corrected chi connectivity index (χ2v) is 9.61. The molecule has 1 heterocycles. The minimum atomic E-state index is -3.82. The molecule has 10 heteroatoms. The van der Waals surface area contributed by atoms with E-state index >= 15 is 0 Å². The standard InChI is InChI=1S/C23H27NO8S/c1-15-12-24(13-16(2)32-15)33(27,28)19-7-5-6-18(10-19)23(26)31-14-20(25)17-8-9-21(29-3)22(11-17)30-4/h5-11,15-16H,12-14H2,1-4H3. The SMILES string of the molecule is COc1ccc(C(=O)COC(=O)c2cccc(S(=O)(=O)N3CC(C)OC(C)C3)c2)cc1OC. The van der Waals surface area contributed by atoms with E-state index in [2.05, 4.69) is 0 Å². The van der Waals surface area contributed by atoms with Crippen molar-refractivity contribution >= 4 is 21.8 Å². The highest BCUT2D eigenvalue weighted by molar-refractivity contribution is 7.89. The lowest BCUT2D eigenvalue weighted by molar-refractivity contribution is -0.0440. The molecule has 0 saturated carbocycles. The Kier molecular flexibility index (Phi) is 7.72. The van der Waals surface area contributed by atoms with Crippen molar-refractivity contribution in [1.29, 1.82) is 0 Å². The van der Waals surface area contributed by atoms with E-state index in [-0.39, 0.29) is 41.3 Å². The maximum absolute atomic E-state index is 13.1. The van der Waals surface area contributed by atoms with Gasteiger partial charge in [-0.25, -0.2) is 13.2 Å². The molecule has 2 aromatic rings. The molecule has 1 aliphatic heterocycles. The van der Waals surface area contributed by atoms with E-state index in [9.17, 15) is 18.0 Å². The third-order valence-electron chi connectivity index (χ3n) is 5.13. The number of hydrogen-bond acceptors (Lipinski definition) is 8. The molecule has 9 nitrogen and oxygen atoms in total. The van der Waals surface area contributed by atoms with Gasteiger partial charge < -0.3 is 18.9 Å². The minimum absolute atomic E-state index is 0.0236. The zero-order valence-corrected chi connectivity index (χ0v) is 19.8. The summed E-state index contributed by atoms with van der Waals surface area (Å²) in [5.74, 6) is -0.401. The van der Waals surface area contributed by atoms with E-state index in [0.29, 0.717) is 11.5 Å². The van der Waals surface area contributed by atoms with Crippen molar-refractivity contribution in [3.8, 4) is 11.5 Å². The number of methoxy groups -OCH3 is 2. The Balaban J connectivity index is 1.70. The number of Topliss-reactive ketones (excluding diaryl/α,β-unsaturated/α-hetero) is 1. The molecule has 2 aromatic carbocycles. The number of sulfonamides is 1. The lowest BCUT2D eigenvalue weighted by atomic mass is 10.1. The third kappa shape index (κ3) is 5.70. The second-order valence-electron chi connectivity index (χ2n) is 7.68.